The van der Waals surface area contributed by atoms with Gasteiger partial charge in [-0.3, -0.25) is 23.7 Å². The Hall–Kier alpha value is -2.63. The minimum atomic E-state index is -4.13. The van der Waals surface area contributed by atoms with Crippen LogP contribution in [0.1, 0.15) is 39.0 Å². The van der Waals surface area contributed by atoms with E-state index >= 15 is 4.39 Å². The van der Waals surface area contributed by atoms with Crippen molar-refractivity contribution in [1.29, 1.82) is 0 Å². The van der Waals surface area contributed by atoms with Crippen molar-refractivity contribution in [2.24, 2.45) is 5.92 Å². The number of alkyl halides is 2. The molecule has 2 heterocycles. The minimum absolute atomic E-state index is 0.0521. The molecule has 2 N–H and O–H groups in total. The van der Waals surface area contributed by atoms with Gasteiger partial charge in [-0.05, 0) is 31.9 Å². The largest absolute Gasteiger partial charge is 0.424 e. The van der Waals surface area contributed by atoms with E-state index in [-0.39, 0.29) is 29.9 Å². The molecule has 2 aromatic rings. The number of aromatic amines is 1. The third kappa shape index (κ3) is 7.06. The van der Waals surface area contributed by atoms with Gasteiger partial charge in [0.05, 0.1) is 12.8 Å². The number of nitrogens with one attached hydrogen (secondary N) is 1. The Kier molecular flexibility index (Phi) is 9.48. The van der Waals surface area contributed by atoms with Crippen LogP contribution in [0, 0.1) is 5.92 Å². The number of halogens is 2. The van der Waals surface area contributed by atoms with Crippen LogP contribution in [0.3, 0.4) is 0 Å². The number of rotatable bonds is 12. The predicted octanol–water partition coefficient (Wildman–Crippen LogP) is 2.73. The van der Waals surface area contributed by atoms with Gasteiger partial charge in [-0.2, -0.15) is 0 Å². The van der Waals surface area contributed by atoms with Gasteiger partial charge in [0.25, 0.3) is 10.7 Å². The first-order valence-electron chi connectivity index (χ1n) is 11.8. The standard InChI is InChI=1S/C24H29ClFN2O9P/c1-14(16(3)30)13-38(34,37-18-7-5-4-6-17(18)9-8-15(2)29)35-12-19-21(32)24(25,26)22(36-19)28-11-10-20(31)27-23(28)33/h4-7,10-11,14,19,21-22,32H,8-9,12-13H2,1-3H3,(H,27,31,33)/t14-,19-,21?,22-,24-,38?/m1/s1. The number of aryl methyl sites for hydroxylation is 1. The van der Waals surface area contributed by atoms with E-state index in [1.54, 1.807) is 18.2 Å². The number of aliphatic hydroxyl groups excluding tert-OH is 1. The van der Waals surface area contributed by atoms with Crippen LogP contribution < -0.4 is 15.8 Å². The number of Topliss-reactive ketones (excluding diaryl/α,β-unsaturated/α-hetero) is 2. The molecule has 14 heteroatoms. The lowest BCUT2D eigenvalue weighted by molar-refractivity contribution is -0.120. The molecule has 6 atom stereocenters. The Bertz CT molecular complexity index is 1340. The first-order valence-corrected chi connectivity index (χ1v) is 13.9. The molecule has 2 unspecified atom stereocenters. The first kappa shape index (κ1) is 29.9. The summed E-state index contributed by atoms with van der Waals surface area (Å²) < 4.78 is 46.6. The topological polar surface area (TPSA) is 154 Å². The Labute approximate surface area is 222 Å². The molecule has 1 aromatic heterocycles. The van der Waals surface area contributed by atoms with Crippen molar-refractivity contribution in [2.45, 2.75) is 57.2 Å². The highest BCUT2D eigenvalue weighted by Crippen LogP contribution is 2.52. The summed E-state index contributed by atoms with van der Waals surface area (Å²) in [6, 6.07) is 7.53. The molecule has 1 aromatic carbocycles. The van der Waals surface area contributed by atoms with Crippen molar-refractivity contribution in [2.75, 3.05) is 12.8 Å². The van der Waals surface area contributed by atoms with Gasteiger partial charge in [0.15, 0.2) is 6.23 Å². The van der Waals surface area contributed by atoms with Gasteiger partial charge in [0, 0.05) is 24.6 Å². The molecule has 0 amide bonds. The molecule has 208 valence electrons. The van der Waals surface area contributed by atoms with Crippen LogP contribution in [0.15, 0.2) is 46.1 Å². The molecule has 0 aliphatic carbocycles. The second-order valence-electron chi connectivity index (χ2n) is 9.17. The summed E-state index contributed by atoms with van der Waals surface area (Å²) in [6.45, 7) is 3.62. The summed E-state index contributed by atoms with van der Waals surface area (Å²) >= 11 is 5.89. The molecule has 1 saturated heterocycles. The van der Waals surface area contributed by atoms with Crippen LogP contribution in [0.25, 0.3) is 0 Å². The van der Waals surface area contributed by atoms with Crippen LogP contribution in [0.4, 0.5) is 4.39 Å². The first-order chi connectivity index (χ1) is 17.7. The molecule has 11 nitrogen and oxygen atoms in total. The van der Waals surface area contributed by atoms with Gasteiger partial charge < -0.3 is 19.2 Å². The third-order valence-corrected chi connectivity index (χ3v) is 8.49. The van der Waals surface area contributed by atoms with Crippen LogP contribution >= 0.6 is 19.2 Å². The number of carbonyl (C=O) groups excluding carboxylic acids is 2. The molecular weight excluding hydrogens is 546 g/mol. The number of aliphatic hydroxyl groups is 1. The lowest BCUT2D eigenvalue weighted by Crippen LogP contribution is -2.42. The zero-order chi connectivity index (χ0) is 28.3. The molecule has 3 rings (SSSR count). The molecule has 1 aliphatic rings. The zero-order valence-electron chi connectivity index (χ0n) is 21.0. The Morgan fingerprint density at radius 2 is 1.97 bits per heavy atom. The minimum Gasteiger partial charge on any atom is -0.424 e. The number of para-hydroxylation sites is 1. The van der Waals surface area contributed by atoms with Crippen LogP contribution in [0.5, 0.6) is 5.75 Å². The van der Waals surface area contributed by atoms with Crippen molar-refractivity contribution in [3.63, 3.8) is 0 Å². The average molecular weight is 575 g/mol. The van der Waals surface area contributed by atoms with Crippen LogP contribution in [-0.2, 0) is 29.8 Å². The Morgan fingerprint density at radius 1 is 1.29 bits per heavy atom. The number of carbonyl (C=O) groups is 2. The van der Waals surface area contributed by atoms with E-state index in [2.05, 4.69) is 0 Å². The van der Waals surface area contributed by atoms with Crippen LogP contribution in [0.2, 0.25) is 0 Å². The summed E-state index contributed by atoms with van der Waals surface area (Å²) in [7, 11) is -4.13. The Balaban J connectivity index is 1.84. The third-order valence-electron chi connectivity index (χ3n) is 6.07. The monoisotopic (exact) mass is 574 g/mol. The van der Waals surface area contributed by atoms with Gasteiger partial charge >= 0.3 is 13.3 Å². The van der Waals surface area contributed by atoms with E-state index in [9.17, 15) is 28.8 Å². The highest BCUT2D eigenvalue weighted by Gasteiger charge is 2.58. The van der Waals surface area contributed by atoms with Crippen molar-refractivity contribution >= 4 is 30.8 Å². The molecule has 38 heavy (non-hydrogen) atoms. The molecule has 0 radical (unpaired) electrons. The predicted molar refractivity (Wildman–Crippen MR) is 135 cm³/mol. The maximum atomic E-state index is 15.3. The molecule has 0 bridgehead atoms. The fourth-order valence-corrected chi connectivity index (χ4v) is 6.05. The van der Waals surface area contributed by atoms with Crippen molar-refractivity contribution in [3.8, 4) is 5.75 Å². The molecule has 0 spiro atoms. The summed E-state index contributed by atoms with van der Waals surface area (Å²) in [4.78, 5) is 48.8. The zero-order valence-corrected chi connectivity index (χ0v) is 22.6. The van der Waals surface area contributed by atoms with E-state index in [4.69, 9.17) is 25.4 Å². The van der Waals surface area contributed by atoms with Gasteiger partial charge in [-0.15, -0.1) is 0 Å². The van der Waals surface area contributed by atoms with E-state index in [0.717, 1.165) is 12.3 Å². The van der Waals surface area contributed by atoms with Gasteiger partial charge in [-0.1, -0.05) is 36.7 Å². The second kappa shape index (κ2) is 12.0. The number of hydrogen-bond donors (Lipinski definition) is 2. The number of ether oxygens (including phenoxy) is 1. The smallest absolute Gasteiger partial charge is 0.380 e. The van der Waals surface area contributed by atoms with E-state index in [1.165, 1.54) is 26.8 Å². The van der Waals surface area contributed by atoms with Gasteiger partial charge in [-0.25, -0.2) is 13.8 Å². The number of ketones is 2. The average Bonchev–Trinajstić information content (AvgIpc) is 3.05. The molecule has 0 saturated carbocycles. The lowest BCUT2D eigenvalue weighted by Gasteiger charge is -2.25. The van der Waals surface area contributed by atoms with Crippen molar-refractivity contribution in [3.05, 3.63) is 62.9 Å². The highest BCUT2D eigenvalue weighted by atomic mass is 35.5. The molecule has 1 fully saturated rings. The van der Waals surface area contributed by atoms with Crippen LogP contribution in [-0.4, -0.2) is 56.3 Å². The number of hydrogen-bond acceptors (Lipinski definition) is 9. The number of benzene rings is 1. The van der Waals surface area contributed by atoms with E-state index in [1.807, 2.05) is 4.98 Å². The SMILES string of the molecule is CC(=O)CCc1ccccc1OP(=O)(C[C@@H](C)C(C)=O)OC[C@H]1O[C@@H](n2ccc(=O)[nH]c2=O)[C@@](F)(Cl)C1O. The summed E-state index contributed by atoms with van der Waals surface area (Å²) in [5, 5.41) is 7.49. The summed E-state index contributed by atoms with van der Waals surface area (Å²) in [5.41, 5.74) is -1.17. The highest BCUT2D eigenvalue weighted by molar-refractivity contribution is 7.54. The molecular formula is C24H29ClFN2O9P. The lowest BCUT2D eigenvalue weighted by atomic mass is 10.1. The fourth-order valence-electron chi connectivity index (χ4n) is 3.75. The van der Waals surface area contributed by atoms with Gasteiger partial charge in [0.1, 0.15) is 29.5 Å². The van der Waals surface area contributed by atoms with E-state index in [0.29, 0.717) is 16.6 Å². The Morgan fingerprint density at radius 3 is 2.61 bits per heavy atom. The maximum Gasteiger partial charge on any atom is 0.380 e. The van der Waals surface area contributed by atoms with E-state index < -0.39 is 54.9 Å². The molecule has 1 aliphatic heterocycles. The summed E-state index contributed by atoms with van der Waals surface area (Å²) in [5.74, 6) is -0.889. The number of nitrogens with zero attached hydrogens (tertiary/aromatic N) is 1. The normalized spacial score (nSPS) is 25.5. The van der Waals surface area contributed by atoms with Gasteiger partial charge in [0.2, 0.25) is 0 Å². The number of H-pyrrole nitrogens is 1. The maximum absolute atomic E-state index is 15.3. The second-order valence-corrected chi connectivity index (χ2v) is 11.8. The quantitative estimate of drug-likeness (QED) is 0.288. The number of aromatic nitrogens is 2. The fraction of sp³-hybridized carbons (Fsp3) is 0.500. The van der Waals surface area contributed by atoms with Crippen molar-refractivity contribution < 1.29 is 37.4 Å². The summed E-state index contributed by atoms with van der Waals surface area (Å²) in [6.07, 6.45) is -4.23. The van der Waals surface area contributed by atoms with Crippen molar-refractivity contribution in [1.82, 2.24) is 9.55 Å².